The largest absolute Gasteiger partial charge is 0.0732 e. The zero-order valence-corrected chi connectivity index (χ0v) is 19.8. The van der Waals surface area contributed by atoms with Crippen LogP contribution in [0.25, 0.3) is 10.9 Å². The number of benzene rings is 4. The summed E-state index contributed by atoms with van der Waals surface area (Å²) in [5, 5.41) is 4.22. The quantitative estimate of drug-likeness (QED) is 0.278. The van der Waals surface area contributed by atoms with E-state index in [1.54, 1.807) is 0 Å². The summed E-state index contributed by atoms with van der Waals surface area (Å²) in [6, 6.07) is 41.9. The van der Waals surface area contributed by atoms with Crippen molar-refractivity contribution < 1.29 is 0 Å². The summed E-state index contributed by atoms with van der Waals surface area (Å²) in [5.74, 6) is 0.236. The molecule has 0 saturated heterocycles. The van der Waals surface area contributed by atoms with Gasteiger partial charge < -0.3 is 0 Å². The van der Waals surface area contributed by atoms with Crippen molar-refractivity contribution in [3.8, 4) is 0 Å². The molecule has 34 heavy (non-hydrogen) atoms. The summed E-state index contributed by atoms with van der Waals surface area (Å²) in [4.78, 5) is 0. The maximum atomic E-state index is 2.46. The van der Waals surface area contributed by atoms with Crippen LogP contribution in [0.5, 0.6) is 0 Å². The van der Waals surface area contributed by atoms with E-state index < -0.39 is 7.92 Å². The molecule has 162 valence electrons. The Balaban J connectivity index is 1.67. The van der Waals surface area contributed by atoms with E-state index in [9.17, 15) is 0 Å². The van der Waals surface area contributed by atoms with E-state index in [2.05, 4.69) is 146 Å². The molecule has 1 heteroatoms. The Labute approximate surface area is 203 Å². The summed E-state index contributed by atoms with van der Waals surface area (Å²) >= 11 is 0. The van der Waals surface area contributed by atoms with E-state index >= 15 is 0 Å². The van der Waals surface area contributed by atoms with Crippen LogP contribution in [0, 0.1) is 5.92 Å². The van der Waals surface area contributed by atoms with Crippen LogP contribution in [0.1, 0.15) is 16.7 Å². The molecule has 0 N–H and O–H groups in total. The first-order chi connectivity index (χ1) is 16.9. The zero-order chi connectivity index (χ0) is 22.7. The Bertz CT molecular complexity index is 1380. The average molecular weight is 453 g/mol. The molecule has 0 heterocycles. The number of allylic oxidation sites excluding steroid dienone is 6. The second-order valence-corrected chi connectivity index (χ2v) is 10.7. The van der Waals surface area contributed by atoms with E-state index in [0.29, 0.717) is 0 Å². The fourth-order valence-corrected chi connectivity index (χ4v) is 7.64. The fraction of sp³-hybridized carbons (Fsp3) is 0.0303. The lowest BCUT2D eigenvalue weighted by molar-refractivity contribution is 1.01. The summed E-state index contributed by atoms with van der Waals surface area (Å²) < 4.78 is 0. The van der Waals surface area contributed by atoms with E-state index in [1.165, 1.54) is 43.8 Å². The van der Waals surface area contributed by atoms with E-state index in [4.69, 9.17) is 0 Å². The van der Waals surface area contributed by atoms with Gasteiger partial charge in [-0.15, -0.1) is 0 Å². The Morgan fingerprint density at radius 2 is 1.09 bits per heavy atom. The van der Waals surface area contributed by atoms with Gasteiger partial charge in [0.05, 0.1) is 0 Å². The molecule has 0 fully saturated rings. The molecule has 4 aromatic rings. The number of rotatable bonds is 4. The predicted octanol–water partition coefficient (Wildman–Crippen LogP) is 7.72. The molecule has 2 aliphatic rings. The summed E-state index contributed by atoms with van der Waals surface area (Å²) in [6.45, 7) is 0. The number of hydrogen-bond acceptors (Lipinski definition) is 0. The topological polar surface area (TPSA) is 0 Å². The first kappa shape index (κ1) is 20.8. The minimum atomic E-state index is -0.743. The van der Waals surface area contributed by atoms with Gasteiger partial charge in [0, 0.05) is 5.92 Å². The lowest BCUT2D eigenvalue weighted by Crippen LogP contribution is -2.15. The fourth-order valence-electron chi connectivity index (χ4n) is 4.97. The normalized spacial score (nSPS) is 16.6. The highest BCUT2D eigenvalue weighted by atomic mass is 31.1. The zero-order valence-electron chi connectivity index (χ0n) is 18.9. The van der Waals surface area contributed by atoms with Crippen molar-refractivity contribution in [2.75, 3.05) is 0 Å². The van der Waals surface area contributed by atoms with Crippen molar-refractivity contribution in [1.29, 1.82) is 0 Å². The van der Waals surface area contributed by atoms with Crippen molar-refractivity contribution >= 4 is 29.4 Å². The lowest BCUT2D eigenvalue weighted by Gasteiger charge is -2.27. The molecule has 1 unspecified atom stereocenters. The van der Waals surface area contributed by atoms with Crippen molar-refractivity contribution in [1.82, 2.24) is 0 Å². The van der Waals surface area contributed by atoms with Gasteiger partial charge in [0.1, 0.15) is 0 Å². The molecular weight excluding hydrogens is 427 g/mol. The van der Waals surface area contributed by atoms with Crippen molar-refractivity contribution in [3.63, 3.8) is 0 Å². The standard InChI is InChI=1S/C33H25P/c1-4-14-25(15-5-1)32-24-26-16-10-11-21-29(26)33(31-23-13-12-22-30(31)32)34(27-17-6-2-7-18-27)28-19-8-3-9-20-28/h1-24,26H. The van der Waals surface area contributed by atoms with Crippen LogP contribution in [0.4, 0.5) is 0 Å². The van der Waals surface area contributed by atoms with Gasteiger partial charge in [0.25, 0.3) is 0 Å². The van der Waals surface area contributed by atoms with Crippen LogP contribution in [-0.2, 0) is 0 Å². The number of hydrogen-bond donors (Lipinski definition) is 0. The molecule has 0 amide bonds. The highest BCUT2D eigenvalue weighted by Crippen LogP contribution is 2.55. The minimum Gasteiger partial charge on any atom is -0.0732 e. The summed E-state index contributed by atoms with van der Waals surface area (Å²) in [6.07, 6.45) is 11.5. The molecule has 4 aromatic carbocycles. The molecule has 0 radical (unpaired) electrons. The van der Waals surface area contributed by atoms with Crippen LogP contribution >= 0.6 is 7.92 Å². The van der Waals surface area contributed by atoms with Crippen molar-refractivity contribution in [3.05, 3.63) is 168 Å². The molecule has 1 atom stereocenters. The third-order valence-electron chi connectivity index (χ3n) is 6.49. The molecule has 0 saturated carbocycles. The first-order valence-corrected chi connectivity index (χ1v) is 13.1. The van der Waals surface area contributed by atoms with Gasteiger partial charge >= 0.3 is 0 Å². The Hall–Kier alpha value is -3.73. The third-order valence-corrected chi connectivity index (χ3v) is 9.07. The second-order valence-electron chi connectivity index (χ2n) is 8.57. The minimum absolute atomic E-state index is 0.236. The molecule has 0 aliphatic heterocycles. The monoisotopic (exact) mass is 452 g/mol. The molecule has 0 aromatic heterocycles. The van der Waals surface area contributed by atoms with Gasteiger partial charge in [0.2, 0.25) is 0 Å². The maximum Gasteiger partial charge on any atom is 0.0217 e. The Kier molecular flexibility index (Phi) is 5.68. The molecule has 0 spiro atoms. The van der Waals surface area contributed by atoms with Crippen LogP contribution in [-0.4, -0.2) is 0 Å². The smallest absolute Gasteiger partial charge is 0.0217 e. The Morgan fingerprint density at radius 1 is 0.529 bits per heavy atom. The van der Waals surface area contributed by atoms with Gasteiger partial charge in [-0.1, -0.05) is 146 Å². The van der Waals surface area contributed by atoms with Crippen LogP contribution in [0.3, 0.4) is 0 Å². The summed E-state index contributed by atoms with van der Waals surface area (Å²) in [7, 11) is -0.743. The second kappa shape index (κ2) is 9.26. The Morgan fingerprint density at radius 3 is 1.74 bits per heavy atom. The van der Waals surface area contributed by atoms with Gasteiger partial charge in [-0.05, 0) is 51.7 Å². The molecule has 6 rings (SSSR count). The van der Waals surface area contributed by atoms with E-state index in [1.807, 2.05) is 0 Å². The van der Waals surface area contributed by atoms with Crippen LogP contribution in [0.15, 0.2) is 151 Å². The van der Waals surface area contributed by atoms with Gasteiger partial charge in [0.15, 0.2) is 0 Å². The molecule has 0 nitrogen and oxygen atoms in total. The first-order valence-electron chi connectivity index (χ1n) is 11.8. The van der Waals surface area contributed by atoms with E-state index in [0.717, 1.165) is 0 Å². The lowest BCUT2D eigenvalue weighted by atomic mass is 9.91. The average Bonchev–Trinajstić information content (AvgIpc) is 3.06. The van der Waals surface area contributed by atoms with Crippen molar-refractivity contribution in [2.45, 2.75) is 0 Å². The van der Waals surface area contributed by atoms with Crippen LogP contribution in [0.2, 0.25) is 0 Å². The molecular formula is C33H25P. The van der Waals surface area contributed by atoms with Gasteiger partial charge in [-0.2, -0.15) is 0 Å². The highest BCUT2D eigenvalue weighted by molar-refractivity contribution is 7.82. The third kappa shape index (κ3) is 3.81. The van der Waals surface area contributed by atoms with Gasteiger partial charge in [-0.3, -0.25) is 0 Å². The van der Waals surface area contributed by atoms with Crippen molar-refractivity contribution in [2.24, 2.45) is 5.92 Å². The molecule has 2 aliphatic carbocycles. The summed E-state index contributed by atoms with van der Waals surface area (Å²) in [5.41, 5.74) is 6.63. The highest BCUT2D eigenvalue weighted by Gasteiger charge is 2.30. The SMILES string of the molecule is C1=CC2=C(P(c3ccccc3)c3ccccc3)c3ccccc3C(c3ccccc3)=CC2C=C1. The molecule has 0 bridgehead atoms. The number of fused-ring (bicyclic) bond motifs is 2. The maximum absolute atomic E-state index is 2.46. The van der Waals surface area contributed by atoms with Crippen LogP contribution < -0.4 is 10.6 Å². The predicted molar refractivity (Wildman–Crippen MR) is 148 cm³/mol. The van der Waals surface area contributed by atoms with Gasteiger partial charge in [-0.25, -0.2) is 0 Å². The van der Waals surface area contributed by atoms with E-state index in [-0.39, 0.29) is 5.92 Å².